The maximum atomic E-state index is 13.2. The lowest BCUT2D eigenvalue weighted by Crippen LogP contribution is -2.14. The van der Waals surface area contributed by atoms with Gasteiger partial charge < -0.3 is 5.32 Å². The molecule has 0 spiro atoms. The van der Waals surface area contributed by atoms with Gasteiger partial charge in [0.15, 0.2) is 5.69 Å². The molecule has 11 heteroatoms. The summed E-state index contributed by atoms with van der Waals surface area (Å²) < 4.78 is 18.1. The average molecular weight is 483 g/mol. The minimum atomic E-state index is -0.400. The molecule has 0 fully saturated rings. The quantitative estimate of drug-likeness (QED) is 0.360. The summed E-state index contributed by atoms with van der Waals surface area (Å²) in [6.07, 6.45) is 1.87. The van der Waals surface area contributed by atoms with Gasteiger partial charge in [-0.25, -0.2) is 9.02 Å². The topological polar surface area (TPSA) is 102 Å². The third kappa shape index (κ3) is 6.00. The highest BCUT2D eigenvalue weighted by molar-refractivity contribution is 9.10. The summed E-state index contributed by atoms with van der Waals surface area (Å²) in [5.74, 6) is -0.584. The van der Waals surface area contributed by atoms with E-state index in [2.05, 4.69) is 46.8 Å². The van der Waals surface area contributed by atoms with Crippen molar-refractivity contribution >= 4 is 51.2 Å². The normalized spacial score (nSPS) is 10.9. The number of aromatic nitrogens is 2. The van der Waals surface area contributed by atoms with E-state index in [1.807, 2.05) is 18.2 Å². The number of rotatable bonds is 8. The Morgan fingerprint density at radius 1 is 1.31 bits per heavy atom. The van der Waals surface area contributed by atoms with Crippen LogP contribution in [0.4, 0.5) is 15.9 Å². The molecule has 0 saturated heterocycles. The van der Waals surface area contributed by atoms with E-state index in [-0.39, 0.29) is 28.3 Å². The van der Waals surface area contributed by atoms with Gasteiger partial charge in [0.05, 0.1) is 10.2 Å². The Hall–Kier alpha value is -2.98. The van der Waals surface area contributed by atoms with Gasteiger partial charge in [-0.1, -0.05) is 35.0 Å². The second-order valence-electron chi connectivity index (χ2n) is 5.69. The molecule has 2 N–H and O–H groups in total. The molecular weight excluding hydrogens is 469 g/mol. The second-order valence-corrected chi connectivity index (χ2v) is 6.96. The number of carbonyl (C=O) groups is 1. The number of halogens is 3. The van der Waals surface area contributed by atoms with Gasteiger partial charge in [-0.05, 0) is 62.5 Å². The van der Waals surface area contributed by atoms with E-state index in [0.717, 1.165) is 5.56 Å². The Kier molecular flexibility index (Phi) is 7.14. The highest BCUT2D eigenvalue weighted by Crippen LogP contribution is 2.20. The minimum Gasteiger partial charge on any atom is -0.306 e. The van der Waals surface area contributed by atoms with Crippen LogP contribution in [0.3, 0.4) is 0 Å². The molecule has 0 aliphatic heterocycles. The summed E-state index contributed by atoms with van der Waals surface area (Å²) in [7, 11) is 0. The third-order valence-corrected chi connectivity index (χ3v) is 4.64. The van der Waals surface area contributed by atoms with Crippen molar-refractivity contribution in [3.63, 3.8) is 0 Å². The van der Waals surface area contributed by atoms with Crippen molar-refractivity contribution in [1.29, 1.82) is 0 Å². The van der Waals surface area contributed by atoms with Gasteiger partial charge in [0.25, 0.3) is 0 Å². The summed E-state index contributed by atoms with van der Waals surface area (Å²) in [6.45, 7) is 0. The van der Waals surface area contributed by atoms with Crippen LogP contribution < -0.4 is 10.8 Å². The molecule has 1 amide bonds. The predicted octanol–water partition coefficient (Wildman–Crippen LogP) is 4.57. The fraction of sp³-hybridized carbons (Fsp3) is 0.111. The summed E-state index contributed by atoms with van der Waals surface area (Å²) >= 11 is 9.14. The van der Waals surface area contributed by atoms with E-state index in [1.54, 1.807) is 6.07 Å². The van der Waals surface area contributed by atoms with Crippen LogP contribution in [0.1, 0.15) is 17.7 Å². The van der Waals surface area contributed by atoms with Crippen LogP contribution in [-0.4, -0.2) is 22.4 Å². The molecule has 0 saturated carbocycles. The van der Waals surface area contributed by atoms with Crippen LogP contribution in [0.25, 0.3) is 0 Å². The third-order valence-electron chi connectivity index (χ3n) is 3.66. The fourth-order valence-electron chi connectivity index (χ4n) is 2.23. The number of benzene rings is 2. The molecule has 0 aliphatic carbocycles. The van der Waals surface area contributed by atoms with Gasteiger partial charge >= 0.3 is 0 Å². The molecule has 3 aromatic rings. The van der Waals surface area contributed by atoms with Crippen LogP contribution in [0.2, 0.25) is 5.02 Å². The smallest absolute Gasteiger partial charge is 0.226 e. The number of hydrogen-bond donors (Lipinski definition) is 2. The Balaban J connectivity index is 1.50. The van der Waals surface area contributed by atoms with Crippen molar-refractivity contribution in [2.24, 2.45) is 5.16 Å². The molecule has 1 heterocycles. The van der Waals surface area contributed by atoms with Gasteiger partial charge in [0.2, 0.25) is 11.7 Å². The number of amides is 1. The molecule has 0 bridgehead atoms. The SMILES string of the molecule is O=C(CCc1ccccc1Cl)Nc1nonc1/C=N/ONc1ccc(F)c(Br)c1. The standard InChI is InChI=1S/C18H14BrClFN5O3/c19-13-9-12(6-7-15(13)21)24-28-22-10-16-18(26-29-25-16)23-17(27)8-5-11-3-1-2-4-14(11)20/h1-4,6-7,9-10,24H,5,8H2,(H,23,26,27)/b22-10+. The van der Waals surface area contributed by atoms with Crippen LogP contribution in [0.5, 0.6) is 0 Å². The lowest BCUT2D eigenvalue weighted by atomic mass is 10.1. The first-order chi connectivity index (χ1) is 14.0. The number of anilines is 2. The van der Waals surface area contributed by atoms with Crippen molar-refractivity contribution in [2.75, 3.05) is 10.8 Å². The van der Waals surface area contributed by atoms with Crippen molar-refractivity contribution < 1.29 is 18.8 Å². The number of hydrogen-bond acceptors (Lipinski definition) is 7. The van der Waals surface area contributed by atoms with Crippen LogP contribution in [0, 0.1) is 5.82 Å². The highest BCUT2D eigenvalue weighted by atomic mass is 79.9. The van der Waals surface area contributed by atoms with E-state index in [1.165, 1.54) is 24.4 Å². The molecule has 0 unspecified atom stereocenters. The minimum absolute atomic E-state index is 0.103. The lowest BCUT2D eigenvalue weighted by Gasteiger charge is -2.04. The molecule has 0 aliphatic rings. The Morgan fingerprint density at radius 3 is 2.93 bits per heavy atom. The maximum Gasteiger partial charge on any atom is 0.226 e. The van der Waals surface area contributed by atoms with Crippen molar-refractivity contribution in [2.45, 2.75) is 12.8 Å². The largest absolute Gasteiger partial charge is 0.306 e. The van der Waals surface area contributed by atoms with E-state index in [9.17, 15) is 9.18 Å². The van der Waals surface area contributed by atoms with E-state index in [4.69, 9.17) is 16.5 Å². The van der Waals surface area contributed by atoms with Gasteiger partial charge in [0.1, 0.15) is 12.0 Å². The molecule has 8 nitrogen and oxygen atoms in total. The number of aryl methyl sites for hydroxylation is 1. The molecule has 1 aromatic heterocycles. The second kappa shape index (κ2) is 9.99. The summed E-state index contributed by atoms with van der Waals surface area (Å²) in [4.78, 5) is 17.0. The zero-order chi connectivity index (χ0) is 20.6. The maximum absolute atomic E-state index is 13.2. The molecule has 3 rings (SSSR count). The first-order valence-electron chi connectivity index (χ1n) is 8.29. The predicted molar refractivity (Wildman–Crippen MR) is 109 cm³/mol. The Morgan fingerprint density at radius 2 is 2.14 bits per heavy atom. The van der Waals surface area contributed by atoms with Gasteiger partial charge in [-0.2, -0.15) is 5.48 Å². The first-order valence-corrected chi connectivity index (χ1v) is 9.46. The Labute approximate surface area is 178 Å². The number of carbonyl (C=O) groups excluding carboxylic acids is 1. The van der Waals surface area contributed by atoms with Crippen LogP contribution in [0.15, 0.2) is 56.7 Å². The van der Waals surface area contributed by atoms with Crippen LogP contribution >= 0.6 is 27.5 Å². The fourth-order valence-corrected chi connectivity index (χ4v) is 2.83. The number of nitrogens with zero attached hydrogens (tertiary/aromatic N) is 3. The van der Waals surface area contributed by atoms with Gasteiger partial charge in [-0.3, -0.25) is 9.73 Å². The summed E-state index contributed by atoms with van der Waals surface area (Å²) in [5, 5.41) is 14.1. The monoisotopic (exact) mass is 481 g/mol. The zero-order valence-electron chi connectivity index (χ0n) is 14.7. The number of oxime groups is 1. The van der Waals surface area contributed by atoms with Gasteiger partial charge in [0, 0.05) is 11.4 Å². The molecular formula is C18H14BrClFN5O3. The summed E-state index contributed by atoms with van der Waals surface area (Å²) in [6, 6.07) is 11.5. The molecule has 29 heavy (non-hydrogen) atoms. The summed E-state index contributed by atoms with van der Waals surface area (Å²) in [5.41, 5.74) is 4.02. The van der Waals surface area contributed by atoms with E-state index in [0.29, 0.717) is 17.1 Å². The van der Waals surface area contributed by atoms with Crippen molar-refractivity contribution in [1.82, 2.24) is 10.3 Å². The van der Waals surface area contributed by atoms with Crippen molar-refractivity contribution in [3.8, 4) is 0 Å². The molecule has 150 valence electrons. The Bertz CT molecular complexity index is 1030. The zero-order valence-corrected chi connectivity index (χ0v) is 17.1. The molecule has 0 radical (unpaired) electrons. The van der Waals surface area contributed by atoms with Gasteiger partial charge in [-0.15, -0.1) is 0 Å². The van der Waals surface area contributed by atoms with Crippen molar-refractivity contribution in [3.05, 3.63) is 69.0 Å². The number of nitrogens with one attached hydrogen (secondary N) is 2. The van der Waals surface area contributed by atoms with Crippen LogP contribution in [-0.2, 0) is 16.2 Å². The highest BCUT2D eigenvalue weighted by Gasteiger charge is 2.12. The average Bonchev–Trinajstić information content (AvgIpc) is 3.14. The van der Waals surface area contributed by atoms with E-state index >= 15 is 0 Å². The molecule has 2 aromatic carbocycles. The van der Waals surface area contributed by atoms with E-state index < -0.39 is 5.82 Å². The molecule has 0 atom stereocenters. The first kappa shape index (κ1) is 20.7. The lowest BCUT2D eigenvalue weighted by molar-refractivity contribution is -0.116.